The van der Waals surface area contributed by atoms with Crippen LogP contribution >= 0.6 is 0 Å². The van der Waals surface area contributed by atoms with E-state index in [0.29, 0.717) is 5.92 Å². The molecular formula is C16H25NO. The number of hydrogen-bond donors (Lipinski definition) is 1. The molecule has 100 valence electrons. The lowest BCUT2D eigenvalue weighted by Gasteiger charge is -2.31. The fraction of sp³-hybridized carbons (Fsp3) is 0.625. The first-order valence-electron chi connectivity index (χ1n) is 7.20. The number of para-hydroxylation sites is 1. The summed E-state index contributed by atoms with van der Waals surface area (Å²) in [6.07, 6.45) is 4.66. The lowest BCUT2D eigenvalue weighted by Crippen LogP contribution is -2.39. The number of hydrogen-bond acceptors (Lipinski definition) is 2. The third kappa shape index (κ3) is 3.05. The normalized spacial score (nSPS) is 20.3. The van der Waals surface area contributed by atoms with Gasteiger partial charge in [0, 0.05) is 12.0 Å². The molecule has 0 aliphatic carbocycles. The zero-order chi connectivity index (χ0) is 13.0. The van der Waals surface area contributed by atoms with Crippen molar-refractivity contribution in [2.24, 2.45) is 17.6 Å². The van der Waals surface area contributed by atoms with Crippen molar-refractivity contribution in [3.8, 4) is 5.75 Å². The van der Waals surface area contributed by atoms with Crippen molar-refractivity contribution >= 4 is 0 Å². The highest BCUT2D eigenvalue weighted by Crippen LogP contribution is 2.29. The first-order valence-corrected chi connectivity index (χ1v) is 7.20. The quantitative estimate of drug-likeness (QED) is 0.865. The highest BCUT2D eigenvalue weighted by molar-refractivity contribution is 5.35. The first kappa shape index (κ1) is 13.4. The SMILES string of the molecule is CCC(CC)CC(N)C1COc2ccccc2C1. The second kappa shape index (κ2) is 6.24. The minimum absolute atomic E-state index is 0.267. The largest absolute Gasteiger partial charge is 0.493 e. The molecule has 2 atom stereocenters. The average Bonchev–Trinajstić information content (AvgIpc) is 2.44. The topological polar surface area (TPSA) is 35.2 Å². The summed E-state index contributed by atoms with van der Waals surface area (Å²) in [6.45, 7) is 5.29. The van der Waals surface area contributed by atoms with Crippen LogP contribution in [0.3, 0.4) is 0 Å². The highest BCUT2D eigenvalue weighted by Gasteiger charge is 2.26. The van der Waals surface area contributed by atoms with Crippen LogP contribution in [0.15, 0.2) is 24.3 Å². The molecule has 0 bridgehead atoms. The van der Waals surface area contributed by atoms with Crippen molar-refractivity contribution in [1.29, 1.82) is 0 Å². The Hall–Kier alpha value is -1.02. The van der Waals surface area contributed by atoms with Gasteiger partial charge in [0.2, 0.25) is 0 Å². The van der Waals surface area contributed by atoms with Gasteiger partial charge < -0.3 is 10.5 Å². The minimum atomic E-state index is 0.267. The molecule has 2 unspecified atom stereocenters. The predicted molar refractivity (Wildman–Crippen MR) is 75.8 cm³/mol. The highest BCUT2D eigenvalue weighted by atomic mass is 16.5. The van der Waals surface area contributed by atoms with E-state index >= 15 is 0 Å². The van der Waals surface area contributed by atoms with Crippen LogP contribution in [-0.2, 0) is 6.42 Å². The van der Waals surface area contributed by atoms with Crippen LogP contribution in [-0.4, -0.2) is 12.6 Å². The molecule has 2 N–H and O–H groups in total. The van der Waals surface area contributed by atoms with Crippen molar-refractivity contribution in [3.63, 3.8) is 0 Å². The van der Waals surface area contributed by atoms with Crippen LogP contribution in [0.2, 0.25) is 0 Å². The zero-order valence-corrected chi connectivity index (χ0v) is 11.6. The lowest BCUT2D eigenvalue weighted by atomic mass is 9.84. The van der Waals surface area contributed by atoms with Gasteiger partial charge in [-0.2, -0.15) is 0 Å². The number of benzene rings is 1. The summed E-state index contributed by atoms with van der Waals surface area (Å²) < 4.78 is 5.83. The molecule has 2 heteroatoms. The molecule has 0 aromatic heterocycles. The van der Waals surface area contributed by atoms with Gasteiger partial charge in [0.25, 0.3) is 0 Å². The van der Waals surface area contributed by atoms with E-state index in [0.717, 1.165) is 31.1 Å². The van der Waals surface area contributed by atoms with E-state index in [-0.39, 0.29) is 6.04 Å². The third-order valence-electron chi connectivity index (χ3n) is 4.27. The van der Waals surface area contributed by atoms with Crippen LogP contribution in [0.1, 0.15) is 38.7 Å². The number of fused-ring (bicyclic) bond motifs is 1. The fourth-order valence-corrected chi connectivity index (χ4v) is 2.83. The Morgan fingerprint density at radius 1 is 1.28 bits per heavy atom. The molecule has 0 spiro atoms. The van der Waals surface area contributed by atoms with E-state index in [1.165, 1.54) is 18.4 Å². The maximum Gasteiger partial charge on any atom is 0.122 e. The van der Waals surface area contributed by atoms with Crippen molar-refractivity contribution < 1.29 is 4.74 Å². The molecule has 0 fully saturated rings. The van der Waals surface area contributed by atoms with Crippen LogP contribution in [0.4, 0.5) is 0 Å². The van der Waals surface area contributed by atoms with Gasteiger partial charge >= 0.3 is 0 Å². The second-order valence-electron chi connectivity index (χ2n) is 5.47. The molecule has 1 aromatic carbocycles. The molecule has 1 aliphatic rings. The van der Waals surface area contributed by atoms with Crippen molar-refractivity contribution in [1.82, 2.24) is 0 Å². The Kier molecular flexibility index (Phi) is 4.65. The Balaban J connectivity index is 1.96. The van der Waals surface area contributed by atoms with Gasteiger partial charge in [-0.05, 0) is 30.4 Å². The molecule has 0 radical (unpaired) electrons. The molecule has 0 saturated heterocycles. The van der Waals surface area contributed by atoms with E-state index in [1.54, 1.807) is 0 Å². The van der Waals surface area contributed by atoms with E-state index in [1.807, 2.05) is 6.07 Å². The van der Waals surface area contributed by atoms with Crippen molar-refractivity contribution in [2.45, 2.75) is 45.6 Å². The molecular weight excluding hydrogens is 222 g/mol. The van der Waals surface area contributed by atoms with Crippen molar-refractivity contribution in [2.75, 3.05) is 6.61 Å². The van der Waals surface area contributed by atoms with E-state index < -0.39 is 0 Å². The van der Waals surface area contributed by atoms with E-state index in [4.69, 9.17) is 10.5 Å². The molecule has 0 amide bonds. The van der Waals surface area contributed by atoms with Gasteiger partial charge in [-0.25, -0.2) is 0 Å². The van der Waals surface area contributed by atoms with Gasteiger partial charge in [0.15, 0.2) is 0 Å². The van der Waals surface area contributed by atoms with Crippen LogP contribution < -0.4 is 10.5 Å². The standard InChI is InChI=1S/C16H25NO/c1-3-12(4-2)9-15(17)14-10-13-7-5-6-8-16(13)18-11-14/h5-8,12,14-15H,3-4,9-11,17H2,1-2H3. The number of ether oxygens (including phenoxy) is 1. The van der Waals surface area contributed by atoms with Gasteiger partial charge in [-0.15, -0.1) is 0 Å². The van der Waals surface area contributed by atoms with Gasteiger partial charge in [-0.1, -0.05) is 44.9 Å². The minimum Gasteiger partial charge on any atom is -0.493 e. The summed E-state index contributed by atoms with van der Waals surface area (Å²) in [4.78, 5) is 0. The molecule has 18 heavy (non-hydrogen) atoms. The maximum absolute atomic E-state index is 6.38. The van der Waals surface area contributed by atoms with Crippen LogP contribution in [0.25, 0.3) is 0 Å². The molecule has 0 saturated carbocycles. The number of nitrogens with two attached hydrogens (primary N) is 1. The van der Waals surface area contributed by atoms with E-state index in [2.05, 4.69) is 32.0 Å². The lowest BCUT2D eigenvalue weighted by molar-refractivity contribution is 0.185. The summed E-state index contributed by atoms with van der Waals surface area (Å²) in [5, 5.41) is 0. The summed E-state index contributed by atoms with van der Waals surface area (Å²) >= 11 is 0. The molecule has 1 heterocycles. The third-order valence-corrected chi connectivity index (χ3v) is 4.27. The summed E-state index contributed by atoms with van der Waals surface area (Å²) in [5.74, 6) is 2.28. The Morgan fingerprint density at radius 3 is 2.72 bits per heavy atom. The molecule has 1 aromatic rings. The van der Waals surface area contributed by atoms with Gasteiger partial charge in [0.05, 0.1) is 6.61 Å². The fourth-order valence-electron chi connectivity index (χ4n) is 2.83. The average molecular weight is 247 g/mol. The number of rotatable bonds is 5. The molecule has 1 aliphatic heterocycles. The Labute approximate surface area is 111 Å². The summed E-state index contributed by atoms with van der Waals surface area (Å²) in [6, 6.07) is 8.59. The second-order valence-corrected chi connectivity index (χ2v) is 5.47. The predicted octanol–water partition coefficient (Wildman–Crippen LogP) is 3.39. The zero-order valence-electron chi connectivity index (χ0n) is 11.6. The molecule has 2 nitrogen and oxygen atoms in total. The summed E-state index contributed by atoms with van der Waals surface area (Å²) in [5.41, 5.74) is 7.69. The maximum atomic E-state index is 6.38. The van der Waals surface area contributed by atoms with Gasteiger partial charge in [0.1, 0.15) is 5.75 Å². The molecule has 2 rings (SSSR count). The van der Waals surface area contributed by atoms with E-state index in [9.17, 15) is 0 Å². The van der Waals surface area contributed by atoms with Crippen LogP contribution in [0, 0.1) is 11.8 Å². The summed E-state index contributed by atoms with van der Waals surface area (Å²) in [7, 11) is 0. The Morgan fingerprint density at radius 2 is 2.00 bits per heavy atom. The van der Waals surface area contributed by atoms with Crippen LogP contribution in [0.5, 0.6) is 5.75 Å². The first-order chi connectivity index (χ1) is 8.74. The van der Waals surface area contributed by atoms with Gasteiger partial charge in [-0.3, -0.25) is 0 Å². The Bertz CT molecular complexity index is 373. The smallest absolute Gasteiger partial charge is 0.122 e. The monoisotopic (exact) mass is 247 g/mol. The van der Waals surface area contributed by atoms with Crippen molar-refractivity contribution in [3.05, 3.63) is 29.8 Å².